The Bertz CT molecular complexity index is 1210. The number of benzene rings is 2. The van der Waals surface area contributed by atoms with Gasteiger partial charge in [-0.1, -0.05) is 18.2 Å². The van der Waals surface area contributed by atoms with Crippen molar-refractivity contribution in [1.29, 1.82) is 0 Å². The summed E-state index contributed by atoms with van der Waals surface area (Å²) in [5.74, 6) is 1.66. The molecule has 7 heteroatoms. The van der Waals surface area contributed by atoms with E-state index in [0.29, 0.717) is 11.4 Å². The minimum atomic E-state index is 0.650. The van der Waals surface area contributed by atoms with Crippen molar-refractivity contribution in [3.05, 3.63) is 89.0 Å². The lowest BCUT2D eigenvalue weighted by molar-refractivity contribution is -0.917. The molecule has 0 saturated heterocycles. The van der Waals surface area contributed by atoms with Gasteiger partial charge in [-0.15, -0.1) is 5.10 Å². The topological polar surface area (TPSA) is 49.3 Å². The van der Waals surface area contributed by atoms with E-state index in [1.54, 1.807) is 13.3 Å². The number of pyridine rings is 1. The Morgan fingerprint density at radius 1 is 1.03 bits per heavy atom. The maximum atomic E-state index is 5.88. The molecule has 0 aliphatic rings. The number of aryl methyl sites for hydroxylation is 1. The van der Waals surface area contributed by atoms with Gasteiger partial charge in [-0.2, -0.15) is 4.68 Å². The first-order chi connectivity index (χ1) is 15.1. The summed E-state index contributed by atoms with van der Waals surface area (Å²) < 4.78 is 9.87. The Balaban J connectivity index is 1.68. The van der Waals surface area contributed by atoms with Gasteiger partial charge in [0.1, 0.15) is 12.3 Å². The van der Waals surface area contributed by atoms with Gasteiger partial charge < -0.3 is 9.64 Å². The average Bonchev–Trinajstić information content (AvgIpc) is 3.11. The second-order valence-electron chi connectivity index (χ2n) is 7.61. The van der Waals surface area contributed by atoms with Gasteiger partial charge in [0.25, 0.3) is 0 Å². The summed E-state index contributed by atoms with van der Waals surface area (Å²) in [4.78, 5) is 5.55. The van der Waals surface area contributed by atoms with Gasteiger partial charge in [0, 0.05) is 23.5 Å². The molecule has 4 aromatic rings. The number of nitrogens with zero attached hydrogens (tertiary/aromatic N) is 4. The molecule has 1 atom stereocenters. The molecular weight excluding hydrogens is 406 g/mol. The molecule has 1 unspecified atom stereocenters. The molecule has 0 bridgehead atoms. The SMILES string of the molecule is COc1ccc(C[NH+](C)Cn2nc(-c3cccnc3)n(-c3ccccc3C)c2=S)cc1. The van der Waals surface area contributed by atoms with Crippen molar-refractivity contribution < 1.29 is 9.64 Å². The van der Waals surface area contributed by atoms with Gasteiger partial charge >= 0.3 is 0 Å². The number of quaternary nitrogens is 1. The molecule has 4 rings (SSSR count). The van der Waals surface area contributed by atoms with E-state index in [1.165, 1.54) is 10.5 Å². The van der Waals surface area contributed by atoms with Crippen LogP contribution in [0.2, 0.25) is 0 Å². The van der Waals surface area contributed by atoms with Crippen LogP contribution < -0.4 is 9.64 Å². The van der Waals surface area contributed by atoms with E-state index in [1.807, 2.05) is 51.8 Å². The molecular formula is C24H26N5OS+. The van der Waals surface area contributed by atoms with Gasteiger partial charge in [0.15, 0.2) is 12.5 Å². The number of hydrogen-bond donors (Lipinski definition) is 1. The highest BCUT2D eigenvalue weighted by atomic mass is 32.1. The first-order valence-corrected chi connectivity index (χ1v) is 10.6. The van der Waals surface area contributed by atoms with Gasteiger partial charge in [-0.05, 0) is 67.2 Å². The highest BCUT2D eigenvalue weighted by molar-refractivity contribution is 7.71. The summed E-state index contributed by atoms with van der Waals surface area (Å²) >= 11 is 5.88. The molecule has 0 amide bonds. The number of methoxy groups -OCH3 is 1. The van der Waals surface area contributed by atoms with Crippen molar-refractivity contribution in [3.63, 3.8) is 0 Å². The van der Waals surface area contributed by atoms with E-state index in [-0.39, 0.29) is 0 Å². The van der Waals surface area contributed by atoms with Crippen LogP contribution in [-0.4, -0.2) is 33.5 Å². The summed E-state index contributed by atoms with van der Waals surface area (Å²) in [6, 6.07) is 20.3. The molecule has 0 fully saturated rings. The highest BCUT2D eigenvalue weighted by Crippen LogP contribution is 2.23. The van der Waals surface area contributed by atoms with Crippen LogP contribution >= 0.6 is 12.2 Å². The number of rotatable bonds is 7. The standard InChI is InChI=1S/C24H25N5OS/c1-18-7-4-5-9-22(18)29-23(20-8-6-14-25-15-20)26-28(24(29)31)17-27(2)16-19-10-12-21(30-3)13-11-19/h4-15H,16-17H2,1-3H3/p+1. The monoisotopic (exact) mass is 432 g/mol. The van der Waals surface area contributed by atoms with Crippen molar-refractivity contribution in [2.45, 2.75) is 20.1 Å². The van der Waals surface area contributed by atoms with Crippen LogP contribution in [0.5, 0.6) is 5.75 Å². The molecule has 2 aromatic heterocycles. The number of ether oxygens (including phenoxy) is 1. The second-order valence-corrected chi connectivity index (χ2v) is 7.97. The minimum Gasteiger partial charge on any atom is -0.497 e. The average molecular weight is 433 g/mol. The molecule has 0 aliphatic heterocycles. The molecule has 31 heavy (non-hydrogen) atoms. The lowest BCUT2D eigenvalue weighted by Crippen LogP contribution is -3.07. The molecule has 0 radical (unpaired) electrons. The third-order valence-corrected chi connectivity index (χ3v) is 5.59. The fourth-order valence-corrected chi connectivity index (χ4v) is 3.92. The van der Waals surface area contributed by atoms with Crippen molar-refractivity contribution in [1.82, 2.24) is 19.3 Å². The normalized spacial score (nSPS) is 12.0. The molecule has 6 nitrogen and oxygen atoms in total. The zero-order chi connectivity index (χ0) is 21.8. The Kier molecular flexibility index (Phi) is 6.25. The molecule has 0 spiro atoms. The summed E-state index contributed by atoms with van der Waals surface area (Å²) in [6.45, 7) is 3.59. The van der Waals surface area contributed by atoms with E-state index in [9.17, 15) is 0 Å². The van der Waals surface area contributed by atoms with Crippen LogP contribution in [0.3, 0.4) is 0 Å². The van der Waals surface area contributed by atoms with Crippen LogP contribution in [0.4, 0.5) is 0 Å². The van der Waals surface area contributed by atoms with Crippen LogP contribution in [-0.2, 0) is 13.2 Å². The smallest absolute Gasteiger partial charge is 0.207 e. The van der Waals surface area contributed by atoms with Gasteiger partial charge in [-0.3, -0.25) is 9.55 Å². The third-order valence-electron chi connectivity index (χ3n) is 5.20. The van der Waals surface area contributed by atoms with Crippen LogP contribution in [0, 0.1) is 11.7 Å². The van der Waals surface area contributed by atoms with Crippen LogP contribution in [0.15, 0.2) is 73.1 Å². The maximum Gasteiger partial charge on any atom is 0.207 e. The predicted octanol–water partition coefficient (Wildman–Crippen LogP) is 3.45. The van der Waals surface area contributed by atoms with Crippen LogP contribution in [0.25, 0.3) is 17.1 Å². The maximum absolute atomic E-state index is 5.88. The molecule has 158 valence electrons. The molecule has 0 aliphatic carbocycles. The van der Waals surface area contributed by atoms with E-state index in [2.05, 4.69) is 43.2 Å². The van der Waals surface area contributed by atoms with Crippen molar-refractivity contribution in [2.24, 2.45) is 0 Å². The molecule has 2 aromatic carbocycles. The number of aromatic nitrogens is 4. The first kappa shape index (κ1) is 21.0. The molecule has 0 saturated carbocycles. The van der Waals surface area contributed by atoms with E-state index in [0.717, 1.165) is 34.9 Å². The Morgan fingerprint density at radius 3 is 2.48 bits per heavy atom. The number of nitrogens with one attached hydrogen (secondary N) is 1. The van der Waals surface area contributed by atoms with E-state index in [4.69, 9.17) is 22.1 Å². The fraction of sp³-hybridized carbons (Fsp3) is 0.208. The summed E-state index contributed by atoms with van der Waals surface area (Å²) in [7, 11) is 3.82. The van der Waals surface area contributed by atoms with Crippen molar-refractivity contribution in [3.8, 4) is 22.8 Å². The minimum absolute atomic E-state index is 0.650. The predicted molar refractivity (Wildman–Crippen MR) is 124 cm³/mol. The van der Waals surface area contributed by atoms with Crippen molar-refractivity contribution in [2.75, 3.05) is 14.2 Å². The first-order valence-electron chi connectivity index (χ1n) is 10.2. The summed E-state index contributed by atoms with van der Waals surface area (Å²) in [5.41, 5.74) is 4.34. The Morgan fingerprint density at radius 2 is 1.81 bits per heavy atom. The van der Waals surface area contributed by atoms with Crippen molar-refractivity contribution >= 4 is 12.2 Å². The van der Waals surface area contributed by atoms with Crippen LogP contribution in [0.1, 0.15) is 11.1 Å². The van der Waals surface area contributed by atoms with Gasteiger partial charge in [0.2, 0.25) is 4.77 Å². The lowest BCUT2D eigenvalue weighted by Gasteiger charge is -2.14. The quantitative estimate of drug-likeness (QED) is 0.455. The molecule has 2 heterocycles. The highest BCUT2D eigenvalue weighted by Gasteiger charge is 2.18. The lowest BCUT2D eigenvalue weighted by atomic mass is 10.2. The zero-order valence-corrected chi connectivity index (χ0v) is 18.8. The largest absolute Gasteiger partial charge is 0.497 e. The van der Waals surface area contributed by atoms with Gasteiger partial charge in [-0.25, -0.2) is 0 Å². The second kappa shape index (κ2) is 9.24. The summed E-state index contributed by atoms with van der Waals surface area (Å²) in [6.07, 6.45) is 3.59. The fourth-order valence-electron chi connectivity index (χ4n) is 3.63. The molecule has 1 N–H and O–H groups in total. The Hall–Kier alpha value is -3.29. The summed E-state index contributed by atoms with van der Waals surface area (Å²) in [5, 5.41) is 4.90. The van der Waals surface area contributed by atoms with E-state index >= 15 is 0 Å². The van der Waals surface area contributed by atoms with E-state index < -0.39 is 0 Å². The number of hydrogen-bond acceptors (Lipinski definition) is 4. The van der Waals surface area contributed by atoms with Gasteiger partial charge in [0.05, 0.1) is 19.8 Å². The Labute approximate surface area is 187 Å². The number of para-hydroxylation sites is 1. The third kappa shape index (κ3) is 4.57. The zero-order valence-electron chi connectivity index (χ0n) is 17.9.